The van der Waals surface area contributed by atoms with E-state index in [1.54, 1.807) is 16.7 Å². The molecule has 132 valence electrons. The lowest BCUT2D eigenvalue weighted by atomic mass is 9.91. The lowest BCUT2D eigenvalue weighted by molar-refractivity contribution is 0.135. The summed E-state index contributed by atoms with van der Waals surface area (Å²) in [6.07, 6.45) is 4.99. The maximum absolute atomic E-state index is 12.8. The number of hydrogen-bond donors (Lipinski definition) is 1. The van der Waals surface area contributed by atoms with Crippen LogP contribution in [0.4, 0.5) is 4.79 Å². The van der Waals surface area contributed by atoms with Gasteiger partial charge in [0.1, 0.15) is 0 Å². The smallest absolute Gasteiger partial charge is 0.407 e. The molecule has 3 rings (SSSR count). The van der Waals surface area contributed by atoms with Crippen LogP contribution in [0.3, 0.4) is 0 Å². The van der Waals surface area contributed by atoms with Crippen molar-refractivity contribution in [3.8, 4) is 0 Å². The molecule has 3 heterocycles. The van der Waals surface area contributed by atoms with Gasteiger partial charge in [0, 0.05) is 38.6 Å². The number of piperidine rings is 2. The fourth-order valence-corrected chi connectivity index (χ4v) is 5.58. The Morgan fingerprint density at radius 3 is 2.17 bits per heavy atom. The molecule has 0 spiro atoms. The van der Waals surface area contributed by atoms with Crippen molar-refractivity contribution < 1.29 is 18.3 Å². The van der Waals surface area contributed by atoms with E-state index in [1.165, 1.54) is 10.5 Å². The van der Waals surface area contributed by atoms with E-state index in [4.69, 9.17) is 5.11 Å². The second-order valence-corrected chi connectivity index (χ2v) is 8.68. The summed E-state index contributed by atoms with van der Waals surface area (Å²) in [5.74, 6) is 0.383. The molecule has 0 saturated carbocycles. The summed E-state index contributed by atoms with van der Waals surface area (Å²) in [6, 6.07) is 3.99. The van der Waals surface area contributed by atoms with Crippen LogP contribution in [-0.4, -0.2) is 65.2 Å². The Morgan fingerprint density at radius 2 is 1.62 bits per heavy atom. The molecule has 0 aliphatic carbocycles. The van der Waals surface area contributed by atoms with E-state index in [-0.39, 0.29) is 0 Å². The molecule has 2 aliphatic rings. The molecule has 7 nitrogen and oxygen atoms in total. The van der Waals surface area contributed by atoms with Gasteiger partial charge in [-0.25, -0.2) is 17.5 Å². The van der Waals surface area contributed by atoms with Gasteiger partial charge < -0.3 is 10.0 Å². The minimum atomic E-state index is -3.34. The zero-order chi connectivity index (χ0) is 17.2. The number of amides is 1. The second-order valence-electron chi connectivity index (χ2n) is 6.47. The molecule has 0 unspecified atom stereocenters. The van der Waals surface area contributed by atoms with Crippen LogP contribution >= 0.6 is 0 Å². The van der Waals surface area contributed by atoms with E-state index in [2.05, 4.69) is 4.98 Å². The van der Waals surface area contributed by atoms with Crippen molar-refractivity contribution >= 4 is 16.1 Å². The largest absolute Gasteiger partial charge is 0.465 e. The zero-order valence-corrected chi connectivity index (χ0v) is 14.4. The maximum atomic E-state index is 12.8. The Morgan fingerprint density at radius 1 is 1.04 bits per heavy atom. The molecule has 2 saturated heterocycles. The van der Waals surface area contributed by atoms with Crippen molar-refractivity contribution in [3.63, 3.8) is 0 Å². The van der Waals surface area contributed by atoms with Gasteiger partial charge in [0.15, 0.2) is 0 Å². The van der Waals surface area contributed by atoms with Crippen LogP contribution in [0.2, 0.25) is 0 Å². The average molecular weight is 353 g/mol. The lowest BCUT2D eigenvalue weighted by Crippen LogP contribution is -2.48. The first-order chi connectivity index (χ1) is 11.5. The Balaban J connectivity index is 1.58. The topological polar surface area (TPSA) is 90.8 Å². The Kier molecular flexibility index (Phi) is 5.05. The first kappa shape index (κ1) is 17.2. The van der Waals surface area contributed by atoms with E-state index >= 15 is 0 Å². The molecule has 1 aromatic heterocycles. The highest BCUT2D eigenvalue weighted by Crippen LogP contribution is 2.31. The first-order valence-electron chi connectivity index (χ1n) is 8.35. The Labute approximate surface area is 142 Å². The molecular weight excluding hydrogens is 330 g/mol. The van der Waals surface area contributed by atoms with Gasteiger partial charge in [0.2, 0.25) is 10.0 Å². The number of nitrogens with zero attached hydrogens (tertiary/aromatic N) is 3. The van der Waals surface area contributed by atoms with Gasteiger partial charge in [-0.1, -0.05) is 0 Å². The lowest BCUT2D eigenvalue weighted by Gasteiger charge is -2.36. The summed E-state index contributed by atoms with van der Waals surface area (Å²) in [4.78, 5) is 16.3. The van der Waals surface area contributed by atoms with E-state index in [0.717, 1.165) is 12.8 Å². The normalized spacial score (nSPS) is 21.8. The first-order valence-corrected chi connectivity index (χ1v) is 9.85. The molecule has 8 heteroatoms. The predicted molar refractivity (Wildman–Crippen MR) is 89.3 cm³/mol. The maximum Gasteiger partial charge on any atom is 0.407 e. The van der Waals surface area contributed by atoms with Crippen LogP contribution in [0.25, 0.3) is 0 Å². The molecule has 1 amide bonds. The number of likely N-dealkylation sites (tertiary alicyclic amines) is 1. The molecule has 0 bridgehead atoms. The molecule has 0 aromatic carbocycles. The van der Waals surface area contributed by atoms with Gasteiger partial charge in [0.25, 0.3) is 0 Å². The van der Waals surface area contributed by atoms with Gasteiger partial charge in [-0.15, -0.1) is 0 Å². The van der Waals surface area contributed by atoms with Gasteiger partial charge in [-0.3, -0.25) is 4.98 Å². The summed E-state index contributed by atoms with van der Waals surface area (Å²) in [5.41, 5.74) is 1.22. The standard InChI is InChI=1S/C16H23N3O4S/c20-16(21)18-9-5-15(6-10-18)24(22,23)19-11-3-14(4-12-19)13-1-7-17-8-2-13/h1-2,7-8,14-15H,3-6,9-12H2,(H,20,21). The summed E-state index contributed by atoms with van der Waals surface area (Å²) in [6.45, 7) is 1.67. The summed E-state index contributed by atoms with van der Waals surface area (Å²) in [5, 5.41) is 8.52. The zero-order valence-electron chi connectivity index (χ0n) is 13.5. The fraction of sp³-hybridized carbons (Fsp3) is 0.625. The van der Waals surface area contributed by atoms with Crippen molar-refractivity contribution in [3.05, 3.63) is 30.1 Å². The van der Waals surface area contributed by atoms with Crippen LogP contribution in [0.5, 0.6) is 0 Å². The van der Waals surface area contributed by atoms with E-state index < -0.39 is 21.4 Å². The monoisotopic (exact) mass is 353 g/mol. The third kappa shape index (κ3) is 3.54. The third-order valence-electron chi connectivity index (χ3n) is 5.13. The minimum absolute atomic E-state index is 0.298. The highest BCUT2D eigenvalue weighted by Gasteiger charge is 2.37. The van der Waals surface area contributed by atoms with Crippen LogP contribution < -0.4 is 0 Å². The number of rotatable bonds is 3. The van der Waals surface area contributed by atoms with Gasteiger partial charge >= 0.3 is 6.09 Å². The van der Waals surface area contributed by atoms with Crippen LogP contribution in [0.1, 0.15) is 37.2 Å². The minimum Gasteiger partial charge on any atom is -0.465 e. The number of carbonyl (C=O) groups is 1. The number of sulfonamides is 1. The van der Waals surface area contributed by atoms with Crippen LogP contribution in [-0.2, 0) is 10.0 Å². The molecule has 0 radical (unpaired) electrons. The number of hydrogen-bond acceptors (Lipinski definition) is 4. The van der Waals surface area contributed by atoms with Crippen molar-refractivity contribution in [2.75, 3.05) is 26.2 Å². The molecular formula is C16H23N3O4S. The SMILES string of the molecule is O=C(O)N1CCC(S(=O)(=O)N2CCC(c3ccncc3)CC2)CC1. The summed E-state index contributed by atoms with van der Waals surface area (Å²) >= 11 is 0. The molecule has 2 aliphatic heterocycles. The van der Waals surface area contributed by atoms with Gasteiger partial charge in [-0.05, 0) is 49.3 Å². The molecule has 1 aromatic rings. The molecule has 2 fully saturated rings. The quantitative estimate of drug-likeness (QED) is 0.894. The number of aromatic nitrogens is 1. The van der Waals surface area contributed by atoms with Crippen molar-refractivity contribution in [2.45, 2.75) is 36.9 Å². The highest BCUT2D eigenvalue weighted by molar-refractivity contribution is 7.89. The van der Waals surface area contributed by atoms with E-state index in [0.29, 0.717) is 44.9 Å². The average Bonchev–Trinajstić information content (AvgIpc) is 2.62. The van der Waals surface area contributed by atoms with Gasteiger partial charge in [0.05, 0.1) is 5.25 Å². The number of carboxylic acid groups (broad SMARTS) is 1. The number of pyridine rings is 1. The van der Waals surface area contributed by atoms with E-state index in [9.17, 15) is 13.2 Å². The van der Waals surface area contributed by atoms with Crippen LogP contribution in [0.15, 0.2) is 24.5 Å². The van der Waals surface area contributed by atoms with Crippen molar-refractivity contribution in [1.82, 2.24) is 14.2 Å². The van der Waals surface area contributed by atoms with Crippen molar-refractivity contribution in [2.24, 2.45) is 0 Å². The van der Waals surface area contributed by atoms with Crippen molar-refractivity contribution in [1.29, 1.82) is 0 Å². The van der Waals surface area contributed by atoms with Gasteiger partial charge in [-0.2, -0.15) is 0 Å². The molecule has 24 heavy (non-hydrogen) atoms. The summed E-state index contributed by atoms with van der Waals surface area (Å²) < 4.78 is 27.2. The Bertz CT molecular complexity index is 664. The summed E-state index contributed by atoms with van der Waals surface area (Å²) in [7, 11) is -3.34. The highest BCUT2D eigenvalue weighted by atomic mass is 32.2. The molecule has 1 N–H and O–H groups in total. The van der Waals surface area contributed by atoms with Crippen LogP contribution in [0, 0.1) is 0 Å². The molecule has 0 atom stereocenters. The predicted octanol–water partition coefficient (Wildman–Crippen LogP) is 1.73. The third-order valence-corrected chi connectivity index (χ3v) is 7.52. The second kappa shape index (κ2) is 7.06. The Hall–Kier alpha value is -1.67. The fourth-order valence-electron chi connectivity index (χ4n) is 3.63. The van der Waals surface area contributed by atoms with E-state index in [1.807, 2.05) is 12.1 Å².